The lowest BCUT2D eigenvalue weighted by Crippen LogP contribution is -2.12. The van der Waals surface area contributed by atoms with E-state index >= 15 is 0 Å². The van der Waals surface area contributed by atoms with Crippen molar-refractivity contribution in [2.24, 2.45) is 0 Å². The summed E-state index contributed by atoms with van der Waals surface area (Å²) in [7, 11) is 2.69. The molecule has 0 radical (unpaired) electrons. The smallest absolute Gasteiger partial charge is 0.303 e. The van der Waals surface area contributed by atoms with Crippen LogP contribution in [0, 0.1) is 21.4 Å². The summed E-state index contributed by atoms with van der Waals surface area (Å²) in [5, 5.41) is 20.2. The predicted molar refractivity (Wildman–Crippen MR) is 75.5 cm³/mol. The van der Waals surface area contributed by atoms with Crippen molar-refractivity contribution in [3.05, 3.63) is 40.0 Å². The molecule has 1 aromatic rings. The van der Waals surface area contributed by atoms with Gasteiger partial charge in [0.1, 0.15) is 0 Å². The van der Waals surface area contributed by atoms with Gasteiger partial charge in [-0.05, 0) is 6.07 Å². The lowest BCUT2D eigenvalue weighted by atomic mass is 10.0. The van der Waals surface area contributed by atoms with Crippen molar-refractivity contribution in [1.82, 2.24) is 0 Å². The summed E-state index contributed by atoms with van der Waals surface area (Å²) in [6.45, 7) is 4.60. The van der Waals surface area contributed by atoms with Gasteiger partial charge in [-0.2, -0.15) is 5.26 Å². The minimum absolute atomic E-state index is 0.0237. The fourth-order valence-corrected chi connectivity index (χ4v) is 1.80. The third-order valence-corrected chi connectivity index (χ3v) is 2.76. The Labute approximate surface area is 126 Å². The van der Waals surface area contributed by atoms with E-state index in [9.17, 15) is 14.9 Å². The molecule has 0 heterocycles. The highest BCUT2D eigenvalue weighted by atomic mass is 16.6. The van der Waals surface area contributed by atoms with E-state index in [1.165, 1.54) is 20.3 Å². The van der Waals surface area contributed by atoms with Gasteiger partial charge in [0.25, 0.3) is 5.69 Å². The first-order chi connectivity index (χ1) is 10.3. The highest BCUT2D eigenvalue weighted by Gasteiger charge is 2.29. The fourth-order valence-electron chi connectivity index (χ4n) is 1.80. The van der Waals surface area contributed by atoms with Gasteiger partial charge in [-0.25, -0.2) is 0 Å². The molecule has 0 aromatic heterocycles. The van der Waals surface area contributed by atoms with Gasteiger partial charge in [-0.1, -0.05) is 6.58 Å². The van der Waals surface area contributed by atoms with E-state index in [0.717, 1.165) is 13.0 Å². The van der Waals surface area contributed by atoms with Crippen molar-refractivity contribution in [1.29, 1.82) is 5.26 Å². The molecule has 0 bridgehead atoms. The van der Waals surface area contributed by atoms with Gasteiger partial charge in [0.15, 0.2) is 17.6 Å². The second-order valence-electron chi connectivity index (χ2n) is 4.15. The number of hydrogen-bond acceptors (Lipinski definition) is 7. The molecule has 8 nitrogen and oxygen atoms in total. The number of hydrogen-bond donors (Lipinski definition) is 0. The van der Waals surface area contributed by atoms with Gasteiger partial charge in [0, 0.05) is 6.92 Å². The number of esters is 1. The first kappa shape index (κ1) is 17.0. The molecule has 8 heteroatoms. The number of nitro benzene ring substituents is 1. The maximum Gasteiger partial charge on any atom is 0.303 e. The average molecular weight is 306 g/mol. The summed E-state index contributed by atoms with van der Waals surface area (Å²) in [6.07, 6.45) is -1.28. The van der Waals surface area contributed by atoms with Gasteiger partial charge in [-0.15, -0.1) is 0 Å². The number of nitrogens with zero attached hydrogens (tertiary/aromatic N) is 2. The van der Waals surface area contributed by atoms with Crippen LogP contribution < -0.4 is 9.47 Å². The zero-order valence-corrected chi connectivity index (χ0v) is 12.3. The lowest BCUT2D eigenvalue weighted by Gasteiger charge is -2.18. The normalized spacial score (nSPS) is 11.0. The summed E-state index contributed by atoms with van der Waals surface area (Å²) in [5.74, 6) is -0.362. The Kier molecular flexibility index (Phi) is 5.46. The topological polar surface area (TPSA) is 112 Å². The number of carbonyl (C=O) groups excluding carboxylic acids is 1. The molecule has 1 rings (SSSR count). The van der Waals surface area contributed by atoms with Crippen molar-refractivity contribution < 1.29 is 23.9 Å². The molecule has 0 aliphatic carbocycles. The van der Waals surface area contributed by atoms with Crippen LogP contribution in [0.2, 0.25) is 0 Å². The molecule has 0 amide bonds. The van der Waals surface area contributed by atoms with Gasteiger partial charge >= 0.3 is 5.97 Å². The summed E-state index contributed by atoms with van der Waals surface area (Å²) in [6, 6.07) is 4.15. The van der Waals surface area contributed by atoms with Crippen LogP contribution in [0.3, 0.4) is 0 Å². The summed E-state index contributed by atoms with van der Waals surface area (Å²) < 4.78 is 15.1. The second-order valence-corrected chi connectivity index (χ2v) is 4.15. The van der Waals surface area contributed by atoms with Crippen molar-refractivity contribution in [2.45, 2.75) is 13.0 Å². The van der Waals surface area contributed by atoms with Crippen LogP contribution in [0.15, 0.2) is 24.3 Å². The minimum atomic E-state index is -1.28. The zero-order valence-electron chi connectivity index (χ0n) is 12.3. The monoisotopic (exact) mass is 306 g/mol. The van der Waals surface area contributed by atoms with E-state index in [2.05, 4.69) is 6.58 Å². The number of benzene rings is 1. The number of methoxy groups -OCH3 is 2. The molecule has 0 N–H and O–H groups in total. The number of carbonyl (C=O) groups is 1. The van der Waals surface area contributed by atoms with Gasteiger partial charge in [0.05, 0.1) is 42.4 Å². The Morgan fingerprint density at radius 1 is 1.36 bits per heavy atom. The van der Waals surface area contributed by atoms with E-state index < -0.39 is 17.0 Å². The molecule has 116 valence electrons. The molecule has 1 aromatic carbocycles. The highest BCUT2D eigenvalue weighted by molar-refractivity contribution is 5.68. The molecular formula is C14H14N2O6. The molecule has 0 aliphatic heterocycles. The second kappa shape index (κ2) is 7.08. The Bertz CT molecular complexity index is 662. The average Bonchev–Trinajstić information content (AvgIpc) is 2.50. The van der Waals surface area contributed by atoms with Crippen LogP contribution in [-0.2, 0) is 9.53 Å². The first-order valence-electron chi connectivity index (χ1n) is 6.02. The highest BCUT2D eigenvalue weighted by Crippen LogP contribution is 2.40. The van der Waals surface area contributed by atoms with Crippen LogP contribution >= 0.6 is 0 Å². The Morgan fingerprint density at radius 3 is 2.32 bits per heavy atom. The number of nitriles is 1. The Balaban J connectivity index is 3.58. The quantitative estimate of drug-likeness (QED) is 0.343. The third-order valence-electron chi connectivity index (χ3n) is 2.76. The fraction of sp³-hybridized carbons (Fsp3) is 0.286. The number of nitro groups is 1. The Morgan fingerprint density at radius 2 is 1.91 bits per heavy atom. The van der Waals surface area contributed by atoms with E-state index in [-0.39, 0.29) is 28.3 Å². The molecular weight excluding hydrogens is 292 g/mol. The summed E-state index contributed by atoms with van der Waals surface area (Å²) in [5.41, 5.74) is -0.546. The van der Waals surface area contributed by atoms with E-state index in [1.807, 2.05) is 0 Å². The van der Waals surface area contributed by atoms with Crippen molar-refractivity contribution >= 4 is 11.7 Å². The number of rotatable bonds is 6. The van der Waals surface area contributed by atoms with E-state index in [0.29, 0.717) is 0 Å². The SMILES string of the molecule is C=C(C#N)C(OC(C)=O)c1cc(OC)c(OC)cc1[N+](=O)[O-]. The van der Waals surface area contributed by atoms with Crippen LogP contribution in [0.1, 0.15) is 18.6 Å². The molecule has 0 saturated carbocycles. The van der Waals surface area contributed by atoms with Gasteiger partial charge < -0.3 is 14.2 Å². The first-order valence-corrected chi connectivity index (χ1v) is 6.02. The molecule has 0 aliphatic rings. The predicted octanol–water partition coefficient (Wildman–Crippen LogP) is 2.30. The maximum atomic E-state index is 11.2. The maximum absolute atomic E-state index is 11.2. The molecule has 1 unspecified atom stereocenters. The Hall–Kier alpha value is -3.08. The van der Waals surface area contributed by atoms with Crippen molar-refractivity contribution in [3.8, 4) is 17.6 Å². The van der Waals surface area contributed by atoms with Crippen LogP contribution in [0.25, 0.3) is 0 Å². The van der Waals surface area contributed by atoms with Gasteiger partial charge in [-0.3, -0.25) is 14.9 Å². The molecule has 1 atom stereocenters. The third kappa shape index (κ3) is 3.52. The van der Waals surface area contributed by atoms with Crippen molar-refractivity contribution in [2.75, 3.05) is 14.2 Å². The summed E-state index contributed by atoms with van der Waals surface area (Å²) in [4.78, 5) is 21.8. The standard InChI is InChI=1S/C14H14N2O6/c1-8(7-15)14(22-9(2)17)10-5-12(20-3)13(21-4)6-11(10)16(18)19/h5-6,14H,1H2,2-4H3. The van der Waals surface area contributed by atoms with Crippen LogP contribution in [0.5, 0.6) is 11.5 Å². The summed E-state index contributed by atoms with van der Waals surface area (Å²) >= 11 is 0. The lowest BCUT2D eigenvalue weighted by molar-refractivity contribution is -0.386. The molecule has 22 heavy (non-hydrogen) atoms. The molecule has 0 fully saturated rings. The number of ether oxygens (including phenoxy) is 3. The largest absolute Gasteiger partial charge is 0.493 e. The van der Waals surface area contributed by atoms with Gasteiger partial charge in [0.2, 0.25) is 0 Å². The van der Waals surface area contributed by atoms with Crippen molar-refractivity contribution in [3.63, 3.8) is 0 Å². The van der Waals surface area contributed by atoms with Crippen LogP contribution in [0.4, 0.5) is 5.69 Å². The van der Waals surface area contributed by atoms with Crippen LogP contribution in [-0.4, -0.2) is 25.1 Å². The van der Waals surface area contributed by atoms with E-state index in [4.69, 9.17) is 19.5 Å². The molecule has 0 spiro atoms. The molecule has 0 saturated heterocycles. The minimum Gasteiger partial charge on any atom is -0.493 e. The zero-order chi connectivity index (χ0) is 16.9. The van der Waals surface area contributed by atoms with E-state index in [1.54, 1.807) is 6.07 Å².